The van der Waals surface area contributed by atoms with Crippen molar-refractivity contribution in [3.63, 3.8) is 0 Å². The zero-order chi connectivity index (χ0) is 25.1. The molecule has 182 valence electrons. The third-order valence-electron chi connectivity index (χ3n) is 5.68. The number of rotatable bonds is 7. The first-order chi connectivity index (χ1) is 16.8. The Kier molecular flexibility index (Phi) is 7.47. The minimum absolute atomic E-state index is 0.0166. The van der Waals surface area contributed by atoms with E-state index in [2.05, 4.69) is 10.3 Å². The number of amidine groups is 1. The smallest absolute Gasteiger partial charge is 0.297 e. The number of thioether (sulfide) groups is 1. The third kappa shape index (κ3) is 5.21. The summed E-state index contributed by atoms with van der Waals surface area (Å²) in [6, 6.07) is 16.2. The van der Waals surface area contributed by atoms with Crippen LogP contribution in [0.15, 0.2) is 64.4 Å². The zero-order valence-electron chi connectivity index (χ0n) is 19.7. The highest BCUT2D eigenvalue weighted by molar-refractivity contribution is 8.15. The summed E-state index contributed by atoms with van der Waals surface area (Å²) < 4.78 is 3.30. The number of nitrogens with zero attached hydrogens (tertiary/aromatic N) is 4. The van der Waals surface area contributed by atoms with E-state index in [0.717, 1.165) is 12.1 Å². The fourth-order valence-electron chi connectivity index (χ4n) is 3.88. The Balaban J connectivity index is 1.61. The first-order valence-corrected chi connectivity index (χ1v) is 12.5. The van der Waals surface area contributed by atoms with Crippen LogP contribution in [0.4, 0.5) is 11.4 Å². The number of carbonyl (C=O) groups is 2. The molecule has 2 amide bonds. The topological polar surface area (TPSA) is 88.7 Å². The molecule has 2 heterocycles. The van der Waals surface area contributed by atoms with Gasteiger partial charge in [-0.2, -0.15) is 0 Å². The Morgan fingerprint density at radius 3 is 2.57 bits per heavy atom. The lowest BCUT2D eigenvalue weighted by atomic mass is 10.2. The van der Waals surface area contributed by atoms with E-state index in [0.29, 0.717) is 28.1 Å². The van der Waals surface area contributed by atoms with Gasteiger partial charge in [0, 0.05) is 30.7 Å². The standard InChI is InChI=1S/C25H26ClN5O3S/c1-4-13-30-23(33)20(15-21(32)27-18-10-8-9-17(26)14-18)35-25(30)28-22-16(2)29(3)31(24(22)34)19-11-6-5-7-12-19/h5-12,14,20H,4,13,15H2,1-3H3,(H,27,32)/t20-/m1/s1. The summed E-state index contributed by atoms with van der Waals surface area (Å²) in [6.45, 7) is 4.24. The number of anilines is 1. The lowest BCUT2D eigenvalue weighted by Crippen LogP contribution is -2.34. The number of carbonyl (C=O) groups excluding carboxylic acids is 2. The molecule has 0 radical (unpaired) electrons. The molecule has 35 heavy (non-hydrogen) atoms. The summed E-state index contributed by atoms with van der Waals surface area (Å²) in [4.78, 5) is 45.3. The van der Waals surface area contributed by atoms with Crippen molar-refractivity contribution in [2.45, 2.75) is 31.9 Å². The molecule has 1 atom stereocenters. The maximum absolute atomic E-state index is 13.3. The van der Waals surface area contributed by atoms with Gasteiger partial charge >= 0.3 is 0 Å². The summed E-state index contributed by atoms with van der Waals surface area (Å²) in [6.07, 6.45) is 0.700. The van der Waals surface area contributed by atoms with Gasteiger partial charge in [0.25, 0.3) is 5.56 Å². The highest BCUT2D eigenvalue weighted by Gasteiger charge is 2.39. The number of aromatic nitrogens is 2. The van der Waals surface area contributed by atoms with E-state index in [-0.39, 0.29) is 29.5 Å². The van der Waals surface area contributed by atoms with Crippen molar-refractivity contribution in [2.24, 2.45) is 12.0 Å². The molecule has 4 rings (SSSR count). The lowest BCUT2D eigenvalue weighted by Gasteiger charge is -2.15. The minimum Gasteiger partial charge on any atom is -0.326 e. The maximum atomic E-state index is 13.3. The number of hydrogen-bond acceptors (Lipinski definition) is 5. The molecule has 0 saturated carbocycles. The number of nitrogens with one attached hydrogen (secondary N) is 1. The Morgan fingerprint density at radius 1 is 1.14 bits per heavy atom. The van der Waals surface area contributed by atoms with Crippen LogP contribution in [0, 0.1) is 6.92 Å². The normalized spacial score (nSPS) is 16.8. The predicted molar refractivity (Wildman–Crippen MR) is 141 cm³/mol. The van der Waals surface area contributed by atoms with Gasteiger partial charge in [0.2, 0.25) is 11.8 Å². The van der Waals surface area contributed by atoms with Crippen molar-refractivity contribution < 1.29 is 9.59 Å². The number of para-hydroxylation sites is 1. The van der Waals surface area contributed by atoms with Gasteiger partial charge < -0.3 is 5.32 Å². The fourth-order valence-corrected chi connectivity index (χ4v) is 5.24. The summed E-state index contributed by atoms with van der Waals surface area (Å²) in [5.74, 6) is -0.480. The molecule has 1 aliphatic rings. The predicted octanol–water partition coefficient (Wildman–Crippen LogP) is 4.51. The van der Waals surface area contributed by atoms with E-state index < -0.39 is 5.25 Å². The average Bonchev–Trinajstić information content (AvgIpc) is 3.22. The van der Waals surface area contributed by atoms with Crippen LogP contribution in [0.1, 0.15) is 25.5 Å². The van der Waals surface area contributed by atoms with Gasteiger partial charge in [-0.25, -0.2) is 9.67 Å². The number of amides is 2. The van der Waals surface area contributed by atoms with Crippen LogP contribution in [-0.2, 0) is 16.6 Å². The van der Waals surface area contributed by atoms with Crippen LogP contribution < -0.4 is 10.9 Å². The van der Waals surface area contributed by atoms with Crippen LogP contribution in [0.5, 0.6) is 0 Å². The number of aliphatic imine (C=N–C) groups is 1. The number of benzene rings is 2. The second kappa shape index (κ2) is 10.5. The Hall–Kier alpha value is -3.30. The van der Waals surface area contributed by atoms with Gasteiger partial charge in [-0.3, -0.25) is 24.0 Å². The quantitative estimate of drug-likeness (QED) is 0.505. The van der Waals surface area contributed by atoms with Gasteiger partial charge in [0.1, 0.15) is 5.25 Å². The summed E-state index contributed by atoms with van der Waals surface area (Å²) in [7, 11) is 1.80. The molecular weight excluding hydrogens is 486 g/mol. The van der Waals surface area contributed by atoms with E-state index in [1.54, 1.807) is 45.6 Å². The average molecular weight is 512 g/mol. The Labute approximate surface area is 212 Å². The first kappa shape index (κ1) is 24.8. The van der Waals surface area contributed by atoms with Crippen LogP contribution in [0.3, 0.4) is 0 Å². The van der Waals surface area contributed by atoms with Gasteiger partial charge in [-0.15, -0.1) is 0 Å². The molecule has 8 nitrogen and oxygen atoms in total. The van der Waals surface area contributed by atoms with Gasteiger partial charge in [0.05, 0.1) is 11.4 Å². The van der Waals surface area contributed by atoms with E-state index in [1.807, 2.05) is 44.2 Å². The molecule has 1 fully saturated rings. The van der Waals surface area contributed by atoms with Crippen molar-refractivity contribution in [3.05, 3.63) is 75.7 Å². The van der Waals surface area contributed by atoms with E-state index >= 15 is 0 Å². The molecule has 2 aromatic carbocycles. The second-order valence-electron chi connectivity index (χ2n) is 8.16. The molecule has 1 saturated heterocycles. The van der Waals surface area contributed by atoms with E-state index in [1.165, 1.54) is 11.8 Å². The van der Waals surface area contributed by atoms with Crippen molar-refractivity contribution in [3.8, 4) is 5.69 Å². The summed E-state index contributed by atoms with van der Waals surface area (Å²) >= 11 is 7.20. The zero-order valence-corrected chi connectivity index (χ0v) is 21.3. The molecule has 0 unspecified atom stereocenters. The van der Waals surface area contributed by atoms with Crippen LogP contribution in [0.2, 0.25) is 5.02 Å². The maximum Gasteiger partial charge on any atom is 0.297 e. The summed E-state index contributed by atoms with van der Waals surface area (Å²) in [5, 5.41) is 3.10. The molecule has 1 N–H and O–H groups in total. The van der Waals surface area contributed by atoms with E-state index in [4.69, 9.17) is 11.6 Å². The minimum atomic E-state index is -0.625. The molecule has 3 aromatic rings. The van der Waals surface area contributed by atoms with Gasteiger partial charge in [0.15, 0.2) is 10.9 Å². The number of hydrogen-bond donors (Lipinski definition) is 1. The second-order valence-corrected chi connectivity index (χ2v) is 9.77. The highest BCUT2D eigenvalue weighted by atomic mass is 35.5. The van der Waals surface area contributed by atoms with Crippen molar-refractivity contribution in [1.82, 2.24) is 14.3 Å². The molecule has 0 bridgehead atoms. The van der Waals surface area contributed by atoms with Crippen LogP contribution in [-0.4, -0.2) is 43.0 Å². The van der Waals surface area contributed by atoms with Gasteiger partial charge in [-0.1, -0.05) is 54.6 Å². The Bertz CT molecular complexity index is 1350. The van der Waals surface area contributed by atoms with Crippen molar-refractivity contribution >= 4 is 51.7 Å². The van der Waals surface area contributed by atoms with Crippen molar-refractivity contribution in [2.75, 3.05) is 11.9 Å². The lowest BCUT2D eigenvalue weighted by molar-refractivity contribution is -0.128. The van der Waals surface area contributed by atoms with Gasteiger partial charge in [-0.05, 0) is 43.7 Å². The SMILES string of the molecule is CCCN1C(=O)[C@@H](CC(=O)Nc2cccc(Cl)c2)SC1=Nc1c(C)n(C)n(-c2ccccc2)c1=O. The number of halogens is 1. The molecule has 10 heteroatoms. The Morgan fingerprint density at radius 2 is 1.89 bits per heavy atom. The summed E-state index contributed by atoms with van der Waals surface area (Å²) in [5.41, 5.74) is 1.98. The van der Waals surface area contributed by atoms with Crippen molar-refractivity contribution in [1.29, 1.82) is 0 Å². The molecule has 0 aliphatic carbocycles. The van der Waals surface area contributed by atoms with Crippen LogP contribution >= 0.6 is 23.4 Å². The monoisotopic (exact) mass is 511 g/mol. The largest absolute Gasteiger partial charge is 0.326 e. The fraction of sp³-hybridized carbons (Fsp3) is 0.280. The molecule has 1 aromatic heterocycles. The molecular formula is C25H26ClN5O3S. The van der Waals surface area contributed by atoms with E-state index in [9.17, 15) is 14.4 Å². The third-order valence-corrected chi connectivity index (χ3v) is 7.09. The first-order valence-electron chi connectivity index (χ1n) is 11.3. The highest BCUT2D eigenvalue weighted by Crippen LogP contribution is 2.32. The van der Waals surface area contributed by atoms with Crippen LogP contribution in [0.25, 0.3) is 5.69 Å². The molecule has 1 aliphatic heterocycles. The molecule has 0 spiro atoms.